The second-order valence-electron chi connectivity index (χ2n) is 8.79. The van der Waals surface area contributed by atoms with Gasteiger partial charge in [0.15, 0.2) is 0 Å². The van der Waals surface area contributed by atoms with Crippen molar-refractivity contribution in [2.75, 3.05) is 26.4 Å². The number of aromatic nitrogens is 1. The molecule has 2 aromatic carbocycles. The molecular weight excluding hydrogens is 444 g/mol. The summed E-state index contributed by atoms with van der Waals surface area (Å²) in [7, 11) is 0. The van der Waals surface area contributed by atoms with Gasteiger partial charge in [0.25, 0.3) is 0 Å². The summed E-state index contributed by atoms with van der Waals surface area (Å²) in [6.45, 7) is 0.663. The summed E-state index contributed by atoms with van der Waals surface area (Å²) in [6.07, 6.45) is 1.72. The average molecular weight is 471 g/mol. The Morgan fingerprint density at radius 1 is 1.21 bits per heavy atom. The number of ether oxygens (including phenoxy) is 2. The molecule has 2 unspecified atom stereocenters. The van der Waals surface area contributed by atoms with Crippen molar-refractivity contribution in [2.24, 2.45) is 5.92 Å². The Hall–Kier alpha value is -2.74. The van der Waals surface area contributed by atoms with Crippen molar-refractivity contribution in [3.05, 3.63) is 64.3 Å². The molecule has 5 rings (SSSR count). The summed E-state index contributed by atoms with van der Waals surface area (Å²) in [5.74, 6) is 1.07. The first-order valence-corrected chi connectivity index (χ1v) is 11.7. The van der Waals surface area contributed by atoms with Gasteiger partial charge < -0.3 is 24.7 Å². The van der Waals surface area contributed by atoms with Crippen molar-refractivity contribution in [3.8, 4) is 5.75 Å². The molecule has 1 aromatic heterocycles. The summed E-state index contributed by atoms with van der Waals surface area (Å²) in [5.41, 5.74) is 4.04. The molecule has 0 spiro atoms. The summed E-state index contributed by atoms with van der Waals surface area (Å²) in [5, 5.41) is 20.2. The molecule has 7 nitrogen and oxygen atoms in total. The van der Waals surface area contributed by atoms with Gasteiger partial charge in [-0.2, -0.15) is 0 Å². The normalized spacial score (nSPS) is 18.8. The molecule has 1 saturated carbocycles. The van der Waals surface area contributed by atoms with Gasteiger partial charge in [-0.05, 0) is 66.6 Å². The molecule has 3 aromatic rings. The van der Waals surface area contributed by atoms with Crippen LogP contribution in [0.3, 0.4) is 0 Å². The van der Waals surface area contributed by atoms with Crippen LogP contribution in [0, 0.1) is 5.92 Å². The van der Waals surface area contributed by atoms with Crippen LogP contribution in [0.4, 0.5) is 4.79 Å². The van der Waals surface area contributed by atoms with Gasteiger partial charge in [0.05, 0.1) is 13.2 Å². The number of rotatable bonds is 7. The molecule has 1 aliphatic heterocycles. The maximum absolute atomic E-state index is 13.1. The van der Waals surface area contributed by atoms with E-state index < -0.39 is 6.10 Å². The average Bonchev–Trinajstić information content (AvgIpc) is 3.60. The van der Waals surface area contributed by atoms with Gasteiger partial charge >= 0.3 is 6.09 Å². The second kappa shape index (κ2) is 9.25. The lowest BCUT2D eigenvalue weighted by atomic mass is 9.92. The van der Waals surface area contributed by atoms with Crippen LogP contribution in [0.25, 0.3) is 10.9 Å². The van der Waals surface area contributed by atoms with E-state index in [0.717, 1.165) is 40.6 Å². The van der Waals surface area contributed by atoms with E-state index in [0.29, 0.717) is 36.3 Å². The minimum Gasteiger partial charge on any atom is -0.491 e. The molecule has 2 heterocycles. The highest BCUT2D eigenvalue weighted by Gasteiger charge is 2.36. The van der Waals surface area contributed by atoms with E-state index in [4.69, 9.17) is 26.2 Å². The molecule has 0 saturated heterocycles. The number of aromatic amines is 1. The number of hydrogen-bond acceptors (Lipinski definition) is 5. The van der Waals surface area contributed by atoms with Crippen molar-refractivity contribution < 1.29 is 24.5 Å². The minimum absolute atomic E-state index is 0.00577. The van der Waals surface area contributed by atoms with E-state index in [9.17, 15) is 9.90 Å². The monoisotopic (exact) mass is 470 g/mol. The van der Waals surface area contributed by atoms with Crippen molar-refractivity contribution in [1.29, 1.82) is 0 Å². The van der Waals surface area contributed by atoms with Crippen molar-refractivity contribution in [3.63, 3.8) is 0 Å². The Morgan fingerprint density at radius 3 is 2.73 bits per heavy atom. The van der Waals surface area contributed by atoms with Gasteiger partial charge in [0.1, 0.15) is 24.5 Å². The van der Waals surface area contributed by atoms with Crippen LogP contribution in [0.2, 0.25) is 5.02 Å². The highest BCUT2D eigenvalue weighted by molar-refractivity contribution is 6.31. The molecule has 2 atom stereocenters. The molecule has 1 amide bonds. The van der Waals surface area contributed by atoms with Crippen LogP contribution in [-0.4, -0.2) is 58.7 Å². The van der Waals surface area contributed by atoms with E-state index in [1.54, 1.807) is 17.0 Å². The van der Waals surface area contributed by atoms with Gasteiger partial charge in [-0.1, -0.05) is 23.7 Å². The Balaban J connectivity index is 1.47. The number of carbonyl (C=O) groups excluding carboxylic acids is 1. The molecule has 2 aliphatic rings. The van der Waals surface area contributed by atoms with E-state index in [1.165, 1.54) is 0 Å². The van der Waals surface area contributed by atoms with Crippen LogP contribution in [0.15, 0.2) is 42.5 Å². The molecule has 8 heteroatoms. The van der Waals surface area contributed by atoms with Crippen LogP contribution >= 0.6 is 11.6 Å². The molecule has 0 radical (unpaired) electrons. The number of H-pyrrole nitrogens is 1. The second-order valence-corrected chi connectivity index (χ2v) is 9.23. The van der Waals surface area contributed by atoms with Crippen LogP contribution in [0.5, 0.6) is 5.75 Å². The number of halogens is 1. The SMILES string of the molecule is O=C(OCC1CC1)N1CCc2c([nH]c3ccc(Cl)cc23)C1c1ccc(OCC(O)CO)cc1. The van der Waals surface area contributed by atoms with E-state index >= 15 is 0 Å². The van der Waals surface area contributed by atoms with Gasteiger partial charge in [0.2, 0.25) is 0 Å². The standard InChI is InChI=1S/C25H27ClN2O5/c26-17-5-8-22-21(11-17)20-9-10-28(25(31)33-13-15-1-2-15)24(23(20)27-22)16-3-6-19(7-4-16)32-14-18(30)12-29/h3-8,11,15,18,24,27,29-30H,1-2,9-10,12-14H2. The number of nitrogens with one attached hydrogen (secondary N) is 1. The first-order chi connectivity index (χ1) is 16.0. The zero-order valence-corrected chi connectivity index (χ0v) is 18.9. The lowest BCUT2D eigenvalue weighted by molar-refractivity contribution is 0.0536. The van der Waals surface area contributed by atoms with Crippen LogP contribution in [0.1, 0.15) is 35.7 Å². The van der Waals surface area contributed by atoms with E-state index in [-0.39, 0.29) is 25.3 Å². The molecular formula is C25H27ClN2O5. The highest BCUT2D eigenvalue weighted by Crippen LogP contribution is 2.40. The Kier molecular flexibility index (Phi) is 6.19. The molecule has 0 bridgehead atoms. The smallest absolute Gasteiger partial charge is 0.410 e. The number of benzene rings is 2. The number of fused-ring (bicyclic) bond motifs is 3. The fourth-order valence-electron chi connectivity index (χ4n) is 4.35. The maximum Gasteiger partial charge on any atom is 0.410 e. The molecule has 174 valence electrons. The lowest BCUT2D eigenvalue weighted by Crippen LogP contribution is -2.41. The van der Waals surface area contributed by atoms with Gasteiger partial charge in [-0.15, -0.1) is 0 Å². The fraction of sp³-hybridized carbons (Fsp3) is 0.400. The first-order valence-electron chi connectivity index (χ1n) is 11.3. The number of hydrogen-bond donors (Lipinski definition) is 3. The summed E-state index contributed by atoms with van der Waals surface area (Å²) < 4.78 is 11.2. The first kappa shape index (κ1) is 22.1. The number of aliphatic hydroxyl groups is 2. The molecule has 3 N–H and O–H groups in total. The lowest BCUT2D eigenvalue weighted by Gasteiger charge is -2.35. The number of nitrogens with zero attached hydrogens (tertiary/aromatic N) is 1. The van der Waals surface area contributed by atoms with Crippen LogP contribution in [-0.2, 0) is 11.2 Å². The number of amides is 1. The highest BCUT2D eigenvalue weighted by atomic mass is 35.5. The fourth-order valence-corrected chi connectivity index (χ4v) is 4.52. The third-order valence-electron chi connectivity index (χ3n) is 6.31. The largest absolute Gasteiger partial charge is 0.491 e. The zero-order valence-electron chi connectivity index (χ0n) is 18.2. The Bertz CT molecular complexity index is 1140. The zero-order chi connectivity index (χ0) is 22.9. The molecule has 1 fully saturated rings. The Labute approximate surface area is 196 Å². The van der Waals surface area contributed by atoms with Gasteiger partial charge in [-0.3, -0.25) is 4.90 Å². The third-order valence-corrected chi connectivity index (χ3v) is 6.55. The summed E-state index contributed by atoms with van der Waals surface area (Å²) in [4.78, 5) is 18.4. The number of carbonyl (C=O) groups is 1. The maximum atomic E-state index is 13.1. The predicted molar refractivity (Wildman–Crippen MR) is 125 cm³/mol. The minimum atomic E-state index is -0.930. The topological polar surface area (TPSA) is 95.0 Å². The number of aliphatic hydroxyl groups excluding tert-OH is 2. The Morgan fingerprint density at radius 2 is 2.00 bits per heavy atom. The molecule has 33 heavy (non-hydrogen) atoms. The van der Waals surface area contributed by atoms with E-state index in [1.807, 2.05) is 30.3 Å². The van der Waals surface area contributed by atoms with Crippen molar-refractivity contribution in [1.82, 2.24) is 9.88 Å². The third kappa shape index (κ3) is 4.67. The summed E-state index contributed by atoms with van der Waals surface area (Å²) in [6, 6.07) is 12.9. The summed E-state index contributed by atoms with van der Waals surface area (Å²) >= 11 is 6.26. The van der Waals surface area contributed by atoms with Crippen LogP contribution < -0.4 is 4.74 Å². The van der Waals surface area contributed by atoms with Crippen molar-refractivity contribution >= 4 is 28.6 Å². The van der Waals surface area contributed by atoms with Crippen molar-refractivity contribution in [2.45, 2.75) is 31.4 Å². The molecule has 1 aliphatic carbocycles. The van der Waals surface area contributed by atoms with Gasteiger partial charge in [0, 0.05) is 28.2 Å². The quantitative estimate of drug-likeness (QED) is 0.484. The predicted octanol–water partition coefficient (Wildman–Crippen LogP) is 4.05. The van der Waals surface area contributed by atoms with E-state index in [2.05, 4.69) is 4.98 Å². The van der Waals surface area contributed by atoms with Gasteiger partial charge in [-0.25, -0.2) is 4.79 Å².